The highest BCUT2D eigenvalue weighted by atomic mass is 19.3. The first-order valence-electron chi connectivity index (χ1n) is 7.84. The molecular formula is C17H21F2NO4. The van der Waals surface area contributed by atoms with Gasteiger partial charge in [-0.15, -0.1) is 0 Å². The van der Waals surface area contributed by atoms with Gasteiger partial charge in [0.15, 0.2) is 0 Å². The van der Waals surface area contributed by atoms with Crippen molar-refractivity contribution in [3.8, 4) is 0 Å². The van der Waals surface area contributed by atoms with Gasteiger partial charge in [0.05, 0.1) is 0 Å². The van der Waals surface area contributed by atoms with Crippen LogP contribution < -0.4 is 0 Å². The van der Waals surface area contributed by atoms with E-state index in [1.807, 2.05) is 6.07 Å². The molecule has 132 valence electrons. The summed E-state index contributed by atoms with van der Waals surface area (Å²) in [5.74, 6) is -4.45. The molecule has 0 heterocycles. The van der Waals surface area contributed by atoms with E-state index in [9.17, 15) is 23.5 Å². The number of ether oxygens (including phenoxy) is 1. The maximum absolute atomic E-state index is 13.3. The van der Waals surface area contributed by atoms with Crippen molar-refractivity contribution < 1.29 is 28.2 Å². The van der Waals surface area contributed by atoms with Gasteiger partial charge < -0.3 is 9.84 Å². The number of carboxylic acids is 1. The first-order chi connectivity index (χ1) is 11.3. The lowest BCUT2D eigenvalue weighted by atomic mass is 9.81. The van der Waals surface area contributed by atoms with Crippen LogP contribution in [0, 0.1) is 5.92 Å². The highest BCUT2D eigenvalue weighted by Crippen LogP contribution is 2.38. The van der Waals surface area contributed by atoms with Crippen LogP contribution in [-0.4, -0.2) is 41.1 Å². The molecule has 1 amide bonds. The standard InChI is InChI=1S/C17H21F2NO4/c1-20(16(23)24-11-12-5-3-2-4-6-12)14(15(21)22)13-7-9-17(18,19)10-8-13/h2-6,13-14H,7-11H2,1H3,(H,21,22). The number of likely N-dealkylation sites (N-methyl/N-ethyl adjacent to an activating group) is 1. The maximum Gasteiger partial charge on any atom is 0.410 e. The molecule has 2 rings (SSSR count). The smallest absolute Gasteiger partial charge is 0.410 e. The number of benzene rings is 1. The Bertz CT molecular complexity index is 569. The van der Waals surface area contributed by atoms with Crippen molar-refractivity contribution in [2.45, 2.75) is 44.3 Å². The normalized spacial score (nSPS) is 18.6. The lowest BCUT2D eigenvalue weighted by Crippen LogP contribution is -2.49. The minimum Gasteiger partial charge on any atom is -0.480 e. The molecule has 0 bridgehead atoms. The SMILES string of the molecule is CN(C(=O)OCc1ccccc1)C(C(=O)O)C1CCC(F)(F)CC1. The van der Waals surface area contributed by atoms with Crippen molar-refractivity contribution in [2.24, 2.45) is 5.92 Å². The number of alkyl halides is 2. The van der Waals surface area contributed by atoms with Gasteiger partial charge in [0.25, 0.3) is 0 Å². The lowest BCUT2D eigenvalue weighted by molar-refractivity contribution is -0.146. The fourth-order valence-corrected chi connectivity index (χ4v) is 3.00. The Kier molecular flexibility index (Phi) is 5.75. The molecule has 1 atom stereocenters. The minimum absolute atomic E-state index is 0.0269. The molecule has 1 aliphatic rings. The summed E-state index contributed by atoms with van der Waals surface area (Å²) in [6.45, 7) is 0.0269. The molecule has 7 heteroatoms. The quantitative estimate of drug-likeness (QED) is 0.890. The predicted molar refractivity (Wildman–Crippen MR) is 82.7 cm³/mol. The van der Waals surface area contributed by atoms with Crippen LogP contribution in [0.1, 0.15) is 31.2 Å². The molecule has 1 saturated carbocycles. The third kappa shape index (κ3) is 4.66. The zero-order valence-corrected chi connectivity index (χ0v) is 13.5. The Labute approximate surface area is 139 Å². The van der Waals surface area contributed by atoms with Gasteiger partial charge in [-0.05, 0) is 24.3 Å². The van der Waals surface area contributed by atoms with Crippen LogP contribution in [0.15, 0.2) is 30.3 Å². The Morgan fingerprint density at radius 1 is 1.29 bits per heavy atom. The number of amides is 1. The van der Waals surface area contributed by atoms with E-state index in [1.165, 1.54) is 7.05 Å². The zero-order chi connectivity index (χ0) is 17.7. The molecule has 1 aromatic rings. The molecule has 1 aliphatic carbocycles. The average molecular weight is 341 g/mol. The van der Waals surface area contributed by atoms with Crippen LogP contribution in [0.4, 0.5) is 13.6 Å². The summed E-state index contributed by atoms with van der Waals surface area (Å²) in [5.41, 5.74) is 0.781. The van der Waals surface area contributed by atoms with Crippen LogP contribution in [0.25, 0.3) is 0 Å². The maximum atomic E-state index is 13.3. The lowest BCUT2D eigenvalue weighted by Gasteiger charge is -2.35. The van der Waals surface area contributed by atoms with Gasteiger partial charge in [0.1, 0.15) is 12.6 Å². The average Bonchev–Trinajstić information content (AvgIpc) is 2.55. The van der Waals surface area contributed by atoms with Crippen molar-refractivity contribution >= 4 is 12.1 Å². The highest BCUT2D eigenvalue weighted by molar-refractivity contribution is 5.80. The summed E-state index contributed by atoms with van der Waals surface area (Å²) in [4.78, 5) is 24.7. The molecule has 1 aromatic carbocycles. The number of halogens is 2. The van der Waals surface area contributed by atoms with E-state index < -0.39 is 29.9 Å². The van der Waals surface area contributed by atoms with E-state index in [1.54, 1.807) is 24.3 Å². The molecule has 1 N–H and O–H groups in total. The first kappa shape index (κ1) is 18.2. The zero-order valence-electron chi connectivity index (χ0n) is 13.5. The summed E-state index contributed by atoms with van der Waals surface area (Å²) >= 11 is 0. The van der Waals surface area contributed by atoms with Crippen molar-refractivity contribution in [2.75, 3.05) is 7.05 Å². The van der Waals surface area contributed by atoms with E-state index in [-0.39, 0.29) is 32.3 Å². The van der Waals surface area contributed by atoms with E-state index in [4.69, 9.17) is 4.74 Å². The number of nitrogens with zero attached hydrogens (tertiary/aromatic N) is 1. The van der Waals surface area contributed by atoms with Gasteiger partial charge in [-0.25, -0.2) is 18.4 Å². The summed E-state index contributed by atoms with van der Waals surface area (Å²) in [6.07, 6.45) is -1.34. The third-order valence-electron chi connectivity index (χ3n) is 4.37. The molecule has 24 heavy (non-hydrogen) atoms. The van der Waals surface area contributed by atoms with Crippen LogP contribution >= 0.6 is 0 Å². The summed E-state index contributed by atoms with van der Waals surface area (Å²) in [5, 5.41) is 9.42. The molecule has 1 unspecified atom stereocenters. The Balaban J connectivity index is 1.97. The van der Waals surface area contributed by atoms with Gasteiger partial charge >= 0.3 is 12.1 Å². The fourth-order valence-electron chi connectivity index (χ4n) is 3.00. The Morgan fingerprint density at radius 2 is 1.88 bits per heavy atom. The largest absolute Gasteiger partial charge is 0.480 e. The topological polar surface area (TPSA) is 66.8 Å². The van der Waals surface area contributed by atoms with E-state index in [2.05, 4.69) is 0 Å². The molecule has 0 aliphatic heterocycles. The molecule has 5 nitrogen and oxygen atoms in total. The van der Waals surface area contributed by atoms with Crippen molar-refractivity contribution in [1.29, 1.82) is 0 Å². The second-order valence-electron chi connectivity index (χ2n) is 6.13. The molecular weight excluding hydrogens is 320 g/mol. The predicted octanol–water partition coefficient (Wildman–Crippen LogP) is 3.53. The number of carboxylic acid groups (broad SMARTS) is 1. The van der Waals surface area contributed by atoms with Gasteiger partial charge in [-0.2, -0.15) is 0 Å². The minimum atomic E-state index is -2.74. The summed E-state index contributed by atoms with van der Waals surface area (Å²) in [7, 11) is 1.33. The Hall–Kier alpha value is -2.18. The van der Waals surface area contributed by atoms with E-state index in [0.29, 0.717) is 0 Å². The number of carbonyl (C=O) groups is 2. The van der Waals surface area contributed by atoms with Gasteiger partial charge in [0, 0.05) is 19.9 Å². The van der Waals surface area contributed by atoms with Gasteiger partial charge in [-0.1, -0.05) is 30.3 Å². The molecule has 0 aromatic heterocycles. The molecule has 0 saturated heterocycles. The highest BCUT2D eigenvalue weighted by Gasteiger charge is 2.42. The number of hydrogen-bond acceptors (Lipinski definition) is 3. The van der Waals surface area contributed by atoms with Crippen LogP contribution in [-0.2, 0) is 16.1 Å². The number of rotatable bonds is 5. The monoisotopic (exact) mass is 341 g/mol. The van der Waals surface area contributed by atoms with Crippen LogP contribution in [0.2, 0.25) is 0 Å². The van der Waals surface area contributed by atoms with Crippen molar-refractivity contribution in [3.63, 3.8) is 0 Å². The second-order valence-corrected chi connectivity index (χ2v) is 6.13. The second kappa shape index (κ2) is 7.59. The number of hydrogen-bond donors (Lipinski definition) is 1. The van der Waals surface area contributed by atoms with Gasteiger partial charge in [0.2, 0.25) is 5.92 Å². The fraction of sp³-hybridized carbons (Fsp3) is 0.529. The van der Waals surface area contributed by atoms with E-state index >= 15 is 0 Å². The molecule has 0 spiro atoms. The summed E-state index contributed by atoms with van der Waals surface area (Å²) in [6, 6.07) is 7.83. The van der Waals surface area contributed by atoms with E-state index in [0.717, 1.165) is 10.5 Å². The molecule has 0 radical (unpaired) electrons. The van der Waals surface area contributed by atoms with Crippen molar-refractivity contribution in [3.05, 3.63) is 35.9 Å². The first-order valence-corrected chi connectivity index (χ1v) is 7.84. The number of carbonyl (C=O) groups excluding carboxylic acids is 1. The summed E-state index contributed by atoms with van der Waals surface area (Å²) < 4.78 is 31.6. The van der Waals surface area contributed by atoms with Crippen LogP contribution in [0.3, 0.4) is 0 Å². The van der Waals surface area contributed by atoms with Gasteiger partial charge in [-0.3, -0.25) is 4.90 Å². The molecule has 1 fully saturated rings. The number of aliphatic carboxylic acids is 1. The van der Waals surface area contributed by atoms with Crippen molar-refractivity contribution in [1.82, 2.24) is 4.90 Å². The Morgan fingerprint density at radius 3 is 2.42 bits per heavy atom. The third-order valence-corrected chi connectivity index (χ3v) is 4.37. The van der Waals surface area contributed by atoms with Crippen LogP contribution in [0.5, 0.6) is 0 Å².